The molecule has 0 aliphatic rings. The number of aromatic nitrogens is 1. The van der Waals surface area contributed by atoms with Crippen LogP contribution in [0.15, 0.2) is 30.5 Å². The Morgan fingerprint density at radius 2 is 1.90 bits per heavy atom. The van der Waals surface area contributed by atoms with Crippen LogP contribution in [-0.2, 0) is 22.8 Å². The van der Waals surface area contributed by atoms with E-state index in [1.54, 1.807) is 20.8 Å². The van der Waals surface area contributed by atoms with Gasteiger partial charge in [-0.05, 0) is 51.4 Å². The van der Waals surface area contributed by atoms with Gasteiger partial charge in [-0.1, -0.05) is 12.1 Å². The summed E-state index contributed by atoms with van der Waals surface area (Å²) in [5.41, 5.74) is 7.93. The van der Waals surface area contributed by atoms with Crippen LogP contribution in [0.1, 0.15) is 26.3 Å². The van der Waals surface area contributed by atoms with Crippen molar-refractivity contribution in [2.24, 2.45) is 5.73 Å². The molecule has 0 aliphatic carbocycles. The van der Waals surface area contributed by atoms with Crippen molar-refractivity contribution in [3.8, 4) is 0 Å². The van der Waals surface area contributed by atoms with Crippen molar-refractivity contribution in [3.63, 3.8) is 0 Å². The zero-order chi connectivity index (χ0) is 15.7. The fourth-order valence-corrected chi connectivity index (χ4v) is 3.43. The molecule has 21 heavy (non-hydrogen) atoms. The van der Waals surface area contributed by atoms with Crippen molar-refractivity contribution in [2.75, 3.05) is 12.3 Å². The molecule has 1 aromatic carbocycles. The minimum absolute atomic E-state index is 0.154. The molecule has 0 unspecified atom stereocenters. The van der Waals surface area contributed by atoms with Crippen LogP contribution in [0, 0.1) is 0 Å². The van der Waals surface area contributed by atoms with Gasteiger partial charge in [-0.15, -0.1) is 0 Å². The number of sulfone groups is 1. The smallest absolute Gasteiger partial charge is 0.156 e. The van der Waals surface area contributed by atoms with Crippen LogP contribution >= 0.6 is 0 Å². The van der Waals surface area contributed by atoms with Gasteiger partial charge in [0.05, 0.1) is 10.5 Å². The summed E-state index contributed by atoms with van der Waals surface area (Å²) in [5.74, 6) is 0.154. The molecule has 0 fully saturated rings. The highest BCUT2D eigenvalue weighted by molar-refractivity contribution is 7.92. The SMILES string of the molecule is CC(C)(C)S(=O)(=O)CCn1ccc2c(CCN)cccc21. The number of rotatable bonds is 5. The van der Waals surface area contributed by atoms with Gasteiger partial charge in [0.15, 0.2) is 9.84 Å². The number of benzene rings is 1. The number of nitrogens with two attached hydrogens (primary N) is 1. The molecule has 0 amide bonds. The summed E-state index contributed by atoms with van der Waals surface area (Å²) >= 11 is 0. The first kappa shape index (κ1) is 16.0. The van der Waals surface area contributed by atoms with Gasteiger partial charge < -0.3 is 10.3 Å². The van der Waals surface area contributed by atoms with E-state index >= 15 is 0 Å². The number of fused-ring (bicyclic) bond motifs is 1. The molecule has 0 bridgehead atoms. The van der Waals surface area contributed by atoms with Crippen molar-refractivity contribution in [1.29, 1.82) is 0 Å². The summed E-state index contributed by atoms with van der Waals surface area (Å²) in [4.78, 5) is 0. The zero-order valence-electron chi connectivity index (χ0n) is 13.0. The lowest BCUT2D eigenvalue weighted by Gasteiger charge is -2.19. The normalized spacial score (nSPS) is 13.0. The molecule has 4 nitrogen and oxygen atoms in total. The number of hydrogen-bond donors (Lipinski definition) is 1. The third kappa shape index (κ3) is 3.30. The molecular formula is C16H24N2O2S. The molecule has 1 aromatic heterocycles. The topological polar surface area (TPSA) is 65.1 Å². The minimum Gasteiger partial charge on any atom is -0.346 e. The van der Waals surface area contributed by atoms with E-state index in [0.29, 0.717) is 13.1 Å². The van der Waals surface area contributed by atoms with Crippen molar-refractivity contribution in [1.82, 2.24) is 4.57 Å². The van der Waals surface area contributed by atoms with Gasteiger partial charge in [0, 0.05) is 23.6 Å². The average molecular weight is 308 g/mol. The maximum Gasteiger partial charge on any atom is 0.156 e. The predicted molar refractivity (Wildman–Crippen MR) is 88.2 cm³/mol. The first-order valence-electron chi connectivity index (χ1n) is 7.25. The van der Waals surface area contributed by atoms with Gasteiger partial charge in [0.25, 0.3) is 0 Å². The monoisotopic (exact) mass is 308 g/mol. The van der Waals surface area contributed by atoms with Crippen LogP contribution in [-0.4, -0.2) is 30.0 Å². The fourth-order valence-electron chi connectivity index (χ4n) is 2.38. The van der Waals surface area contributed by atoms with Crippen LogP contribution in [0.25, 0.3) is 10.9 Å². The molecule has 0 atom stereocenters. The summed E-state index contributed by atoms with van der Waals surface area (Å²) < 4.78 is 25.8. The second-order valence-electron chi connectivity index (χ2n) is 6.33. The summed E-state index contributed by atoms with van der Waals surface area (Å²) in [7, 11) is -3.10. The summed E-state index contributed by atoms with van der Waals surface area (Å²) in [5, 5.41) is 1.16. The van der Waals surface area contributed by atoms with Gasteiger partial charge in [-0.25, -0.2) is 8.42 Å². The van der Waals surface area contributed by atoms with E-state index in [1.165, 1.54) is 5.56 Å². The fraction of sp³-hybridized carbons (Fsp3) is 0.500. The Bertz CT molecular complexity index is 724. The Balaban J connectivity index is 2.27. The number of nitrogens with zero attached hydrogens (tertiary/aromatic N) is 1. The standard InChI is InChI=1S/C16H24N2O2S/c1-16(2,3)21(19,20)12-11-18-10-8-14-13(7-9-17)5-4-6-15(14)18/h4-6,8,10H,7,9,11-12,17H2,1-3H3. The van der Waals surface area contributed by atoms with E-state index in [-0.39, 0.29) is 5.75 Å². The minimum atomic E-state index is -3.10. The highest BCUT2D eigenvalue weighted by atomic mass is 32.2. The van der Waals surface area contributed by atoms with Gasteiger partial charge in [0.2, 0.25) is 0 Å². The molecule has 0 spiro atoms. The van der Waals surface area contributed by atoms with E-state index < -0.39 is 14.6 Å². The lowest BCUT2D eigenvalue weighted by Crippen LogP contribution is -2.31. The van der Waals surface area contributed by atoms with E-state index in [2.05, 4.69) is 6.07 Å². The first-order chi connectivity index (χ1) is 9.76. The molecule has 116 valence electrons. The third-order valence-corrected chi connectivity index (χ3v) is 6.44. The van der Waals surface area contributed by atoms with Crippen LogP contribution in [0.4, 0.5) is 0 Å². The average Bonchev–Trinajstić information content (AvgIpc) is 2.80. The third-order valence-electron chi connectivity index (χ3n) is 3.85. The lowest BCUT2D eigenvalue weighted by atomic mass is 10.1. The van der Waals surface area contributed by atoms with Crippen molar-refractivity contribution >= 4 is 20.7 Å². The van der Waals surface area contributed by atoms with Crippen LogP contribution < -0.4 is 5.73 Å². The van der Waals surface area contributed by atoms with Crippen molar-refractivity contribution in [3.05, 3.63) is 36.0 Å². The van der Waals surface area contributed by atoms with Gasteiger partial charge in [-0.2, -0.15) is 0 Å². The Hall–Kier alpha value is -1.33. The summed E-state index contributed by atoms with van der Waals surface area (Å²) in [6.07, 6.45) is 2.80. The first-order valence-corrected chi connectivity index (χ1v) is 8.90. The Morgan fingerprint density at radius 1 is 1.19 bits per heavy atom. The number of hydrogen-bond acceptors (Lipinski definition) is 3. The number of aryl methyl sites for hydroxylation is 1. The Kier molecular flexibility index (Phi) is 4.44. The molecular weight excluding hydrogens is 284 g/mol. The van der Waals surface area contributed by atoms with Gasteiger partial charge in [-0.3, -0.25) is 0 Å². The molecule has 5 heteroatoms. The van der Waals surface area contributed by atoms with Crippen LogP contribution in [0.2, 0.25) is 0 Å². The van der Waals surface area contributed by atoms with Crippen molar-refractivity contribution < 1.29 is 8.42 Å². The second-order valence-corrected chi connectivity index (χ2v) is 9.19. The largest absolute Gasteiger partial charge is 0.346 e. The van der Waals surface area contributed by atoms with Crippen LogP contribution in [0.3, 0.4) is 0 Å². The highest BCUT2D eigenvalue weighted by Gasteiger charge is 2.28. The Labute approximate surface area is 126 Å². The molecule has 0 aliphatic heterocycles. The zero-order valence-corrected chi connectivity index (χ0v) is 13.8. The van der Waals surface area contributed by atoms with E-state index in [1.807, 2.05) is 29.0 Å². The molecule has 2 N–H and O–H groups in total. The van der Waals surface area contributed by atoms with Crippen LogP contribution in [0.5, 0.6) is 0 Å². The van der Waals surface area contributed by atoms with Crippen molar-refractivity contribution in [2.45, 2.75) is 38.5 Å². The van der Waals surface area contributed by atoms with E-state index in [0.717, 1.165) is 17.3 Å². The van der Waals surface area contributed by atoms with Gasteiger partial charge >= 0.3 is 0 Å². The van der Waals surface area contributed by atoms with Gasteiger partial charge in [0.1, 0.15) is 0 Å². The Morgan fingerprint density at radius 3 is 2.52 bits per heavy atom. The molecule has 0 saturated heterocycles. The summed E-state index contributed by atoms with van der Waals surface area (Å²) in [6.45, 7) is 6.33. The van der Waals surface area contributed by atoms with E-state index in [4.69, 9.17) is 5.73 Å². The molecule has 0 saturated carbocycles. The maximum absolute atomic E-state index is 12.2. The summed E-state index contributed by atoms with van der Waals surface area (Å²) in [6, 6.07) is 8.15. The molecule has 2 aromatic rings. The molecule has 0 radical (unpaired) electrons. The second kappa shape index (κ2) is 5.81. The molecule has 2 rings (SSSR count). The maximum atomic E-state index is 12.2. The highest BCUT2D eigenvalue weighted by Crippen LogP contribution is 2.22. The van der Waals surface area contributed by atoms with E-state index in [9.17, 15) is 8.42 Å². The predicted octanol–water partition coefficient (Wildman–Crippen LogP) is 2.36. The molecule has 1 heterocycles. The lowest BCUT2D eigenvalue weighted by molar-refractivity contribution is 0.555. The quantitative estimate of drug-likeness (QED) is 0.922.